The minimum absolute atomic E-state index is 0.0611. The number of nitrogens with one attached hydrogen (secondary N) is 2. The minimum atomic E-state index is -3.74. The van der Waals surface area contributed by atoms with E-state index in [1.807, 2.05) is 26.0 Å². The second-order valence-corrected chi connectivity index (χ2v) is 7.85. The molecule has 1 aliphatic rings. The van der Waals surface area contributed by atoms with Crippen molar-refractivity contribution >= 4 is 21.6 Å². The van der Waals surface area contributed by atoms with Gasteiger partial charge in [0.05, 0.1) is 5.69 Å². The summed E-state index contributed by atoms with van der Waals surface area (Å²) in [6.07, 6.45) is 3.34. The number of carbonyl (C=O) groups is 1. The van der Waals surface area contributed by atoms with Gasteiger partial charge in [-0.3, -0.25) is 9.52 Å². The number of benzene rings is 1. The topological polar surface area (TPSA) is 82.3 Å². The first kappa shape index (κ1) is 16.6. The van der Waals surface area contributed by atoms with E-state index in [4.69, 9.17) is 0 Å². The lowest BCUT2D eigenvalue weighted by molar-refractivity contribution is 0.0787. The van der Waals surface area contributed by atoms with Gasteiger partial charge in [-0.1, -0.05) is 12.1 Å². The quantitative estimate of drug-likeness (QED) is 0.892. The fourth-order valence-corrected chi connectivity index (χ4v) is 3.91. The van der Waals surface area contributed by atoms with E-state index in [1.165, 1.54) is 12.3 Å². The fraction of sp³-hybridized carbons (Fsp3) is 0.353. The number of aromatic amines is 1. The lowest BCUT2D eigenvalue weighted by Crippen LogP contribution is -2.27. The van der Waals surface area contributed by atoms with Crippen LogP contribution in [0.1, 0.15) is 34.5 Å². The monoisotopic (exact) mass is 347 g/mol. The van der Waals surface area contributed by atoms with Gasteiger partial charge in [-0.15, -0.1) is 0 Å². The number of aromatic nitrogens is 1. The summed E-state index contributed by atoms with van der Waals surface area (Å²) in [6, 6.07) is 6.98. The smallest absolute Gasteiger partial charge is 0.270 e. The molecule has 128 valence electrons. The van der Waals surface area contributed by atoms with E-state index in [0.29, 0.717) is 11.4 Å². The summed E-state index contributed by atoms with van der Waals surface area (Å²) in [4.78, 5) is 16.9. The molecular formula is C17H21N3O3S. The number of sulfonamides is 1. The predicted molar refractivity (Wildman–Crippen MR) is 92.7 cm³/mol. The zero-order valence-electron chi connectivity index (χ0n) is 13.8. The first-order valence-electron chi connectivity index (χ1n) is 7.94. The highest BCUT2D eigenvalue weighted by atomic mass is 32.2. The van der Waals surface area contributed by atoms with Crippen molar-refractivity contribution in [2.45, 2.75) is 31.6 Å². The van der Waals surface area contributed by atoms with E-state index >= 15 is 0 Å². The van der Waals surface area contributed by atoms with E-state index in [-0.39, 0.29) is 10.8 Å². The molecule has 1 amide bonds. The lowest BCUT2D eigenvalue weighted by Gasteiger charge is -2.13. The molecule has 3 rings (SSSR count). The molecule has 1 aliphatic heterocycles. The maximum absolute atomic E-state index is 12.6. The second kappa shape index (κ2) is 6.32. The molecule has 0 spiro atoms. The molecule has 0 atom stereocenters. The Hall–Kier alpha value is -2.28. The molecule has 0 unspecified atom stereocenters. The largest absolute Gasteiger partial charge is 0.356 e. The van der Waals surface area contributed by atoms with Crippen molar-refractivity contribution in [1.29, 1.82) is 0 Å². The highest BCUT2D eigenvalue weighted by Crippen LogP contribution is 2.22. The molecule has 7 heteroatoms. The number of amides is 1. The number of aryl methyl sites for hydroxylation is 2. The van der Waals surface area contributed by atoms with Crippen molar-refractivity contribution in [3.63, 3.8) is 0 Å². The lowest BCUT2D eigenvalue weighted by atomic mass is 10.1. The molecule has 1 aromatic heterocycles. The number of likely N-dealkylation sites (tertiary alicyclic amines) is 1. The molecular weight excluding hydrogens is 326 g/mol. The van der Waals surface area contributed by atoms with E-state index < -0.39 is 10.0 Å². The Bertz CT molecular complexity index is 865. The van der Waals surface area contributed by atoms with E-state index in [2.05, 4.69) is 9.71 Å². The summed E-state index contributed by atoms with van der Waals surface area (Å²) in [5, 5.41) is 0. The summed E-state index contributed by atoms with van der Waals surface area (Å²) >= 11 is 0. The van der Waals surface area contributed by atoms with Crippen molar-refractivity contribution in [2.24, 2.45) is 0 Å². The Labute approximate surface area is 141 Å². The van der Waals surface area contributed by atoms with Crippen molar-refractivity contribution in [3.8, 4) is 0 Å². The van der Waals surface area contributed by atoms with Crippen LogP contribution in [-0.4, -0.2) is 37.3 Å². The van der Waals surface area contributed by atoms with Crippen LogP contribution in [0.15, 0.2) is 35.4 Å². The number of hydrogen-bond acceptors (Lipinski definition) is 3. The summed E-state index contributed by atoms with van der Waals surface area (Å²) in [5.74, 6) is -0.152. The van der Waals surface area contributed by atoms with Gasteiger partial charge in [-0.2, -0.15) is 0 Å². The molecule has 0 saturated carbocycles. The van der Waals surface area contributed by atoms with Gasteiger partial charge < -0.3 is 9.88 Å². The predicted octanol–water partition coefficient (Wildman–Crippen LogP) is 2.67. The summed E-state index contributed by atoms with van der Waals surface area (Å²) < 4.78 is 27.7. The molecule has 24 heavy (non-hydrogen) atoms. The third-order valence-electron chi connectivity index (χ3n) is 4.23. The average Bonchev–Trinajstić information content (AvgIpc) is 3.21. The SMILES string of the molecule is Cc1ccc(C)c(NS(=O)(=O)c2c[nH]c(C(=O)N3CCCC3)c2)c1. The Morgan fingerprint density at radius 3 is 2.58 bits per heavy atom. The summed E-state index contributed by atoms with van der Waals surface area (Å²) in [6.45, 7) is 5.19. The highest BCUT2D eigenvalue weighted by Gasteiger charge is 2.24. The normalized spacial score (nSPS) is 14.8. The van der Waals surface area contributed by atoms with Crippen molar-refractivity contribution < 1.29 is 13.2 Å². The molecule has 0 aliphatic carbocycles. The van der Waals surface area contributed by atoms with Crippen molar-refractivity contribution in [3.05, 3.63) is 47.3 Å². The molecule has 2 N–H and O–H groups in total. The van der Waals surface area contributed by atoms with Gasteiger partial charge in [0.2, 0.25) is 0 Å². The second-order valence-electron chi connectivity index (χ2n) is 6.17. The van der Waals surface area contributed by atoms with Crippen LogP contribution in [0, 0.1) is 13.8 Å². The maximum atomic E-state index is 12.6. The molecule has 2 aromatic rings. The Morgan fingerprint density at radius 2 is 1.88 bits per heavy atom. The van der Waals surface area contributed by atoms with Gasteiger partial charge in [-0.25, -0.2) is 8.42 Å². The summed E-state index contributed by atoms with van der Waals surface area (Å²) in [7, 11) is -3.74. The van der Waals surface area contributed by atoms with Crippen LogP contribution in [0.5, 0.6) is 0 Å². The molecule has 1 aromatic carbocycles. The molecule has 0 bridgehead atoms. The Balaban J connectivity index is 1.82. The maximum Gasteiger partial charge on any atom is 0.270 e. The first-order valence-corrected chi connectivity index (χ1v) is 9.43. The molecule has 2 heterocycles. The Kier molecular flexibility index (Phi) is 4.36. The third kappa shape index (κ3) is 3.31. The zero-order valence-corrected chi connectivity index (χ0v) is 14.6. The van der Waals surface area contributed by atoms with E-state index in [9.17, 15) is 13.2 Å². The molecule has 6 nitrogen and oxygen atoms in total. The van der Waals surface area contributed by atoms with E-state index in [0.717, 1.165) is 37.1 Å². The van der Waals surface area contributed by atoms with Crippen LogP contribution in [0.3, 0.4) is 0 Å². The number of hydrogen-bond donors (Lipinski definition) is 2. The number of nitrogens with zero attached hydrogens (tertiary/aromatic N) is 1. The highest BCUT2D eigenvalue weighted by molar-refractivity contribution is 7.92. The van der Waals surface area contributed by atoms with Gasteiger partial charge >= 0.3 is 0 Å². The minimum Gasteiger partial charge on any atom is -0.356 e. The number of rotatable bonds is 4. The van der Waals surface area contributed by atoms with Crippen LogP contribution >= 0.6 is 0 Å². The van der Waals surface area contributed by atoms with Crippen molar-refractivity contribution in [2.75, 3.05) is 17.8 Å². The van der Waals surface area contributed by atoms with Gasteiger partial charge in [0.1, 0.15) is 10.6 Å². The van der Waals surface area contributed by atoms with Gasteiger partial charge in [0.15, 0.2) is 0 Å². The number of carbonyl (C=O) groups excluding carboxylic acids is 1. The van der Waals surface area contributed by atoms with Crippen molar-refractivity contribution in [1.82, 2.24) is 9.88 Å². The average molecular weight is 347 g/mol. The van der Waals surface area contributed by atoms with Crippen LogP contribution in [0.2, 0.25) is 0 Å². The van der Waals surface area contributed by atoms with Gasteiger partial charge in [0.25, 0.3) is 15.9 Å². The van der Waals surface area contributed by atoms with Crippen LogP contribution in [-0.2, 0) is 10.0 Å². The van der Waals surface area contributed by atoms with Crippen LogP contribution in [0.4, 0.5) is 5.69 Å². The fourth-order valence-electron chi connectivity index (χ4n) is 2.79. The molecule has 1 fully saturated rings. The zero-order chi connectivity index (χ0) is 17.3. The van der Waals surface area contributed by atoms with Crippen LogP contribution < -0.4 is 4.72 Å². The third-order valence-corrected chi connectivity index (χ3v) is 5.57. The van der Waals surface area contributed by atoms with Gasteiger partial charge in [-0.05, 0) is 49.9 Å². The Morgan fingerprint density at radius 1 is 1.17 bits per heavy atom. The van der Waals surface area contributed by atoms with E-state index in [1.54, 1.807) is 11.0 Å². The number of anilines is 1. The van der Waals surface area contributed by atoms with Gasteiger partial charge in [0, 0.05) is 19.3 Å². The summed E-state index contributed by atoms with van der Waals surface area (Å²) in [5.41, 5.74) is 2.66. The van der Waals surface area contributed by atoms with Crippen LogP contribution in [0.25, 0.3) is 0 Å². The molecule has 1 saturated heterocycles. The number of H-pyrrole nitrogens is 1. The first-order chi connectivity index (χ1) is 11.4. The standard InChI is InChI=1S/C17H21N3O3S/c1-12-5-6-13(2)15(9-12)19-24(22,23)14-10-16(18-11-14)17(21)20-7-3-4-8-20/h5-6,9-11,18-19H,3-4,7-8H2,1-2H3. The molecule has 0 radical (unpaired) electrons.